The van der Waals surface area contributed by atoms with E-state index in [0.717, 1.165) is 31.8 Å². The van der Waals surface area contributed by atoms with Crippen molar-refractivity contribution in [3.63, 3.8) is 0 Å². The molecule has 4 heteroatoms. The molecule has 0 bridgehead atoms. The Kier molecular flexibility index (Phi) is 2.26. The zero-order valence-corrected chi connectivity index (χ0v) is 9.58. The first-order valence-electron chi connectivity index (χ1n) is 4.05. The van der Waals surface area contributed by atoms with Crippen LogP contribution in [0.3, 0.4) is 0 Å². The van der Waals surface area contributed by atoms with E-state index in [1.165, 1.54) is 0 Å². The number of benzene rings is 1. The Labute approximate surface area is 88.9 Å². The predicted octanol–water partition coefficient (Wildman–Crippen LogP) is 3.20. The van der Waals surface area contributed by atoms with E-state index >= 15 is 0 Å². The molecule has 13 heavy (non-hydrogen) atoms. The third-order valence-electron chi connectivity index (χ3n) is 1.84. The fourth-order valence-corrected chi connectivity index (χ4v) is 2.83. The maximum Gasteiger partial charge on any atom is 0.104 e. The maximum absolute atomic E-state index is 5.84. The molecule has 0 aliphatic carbocycles. The minimum Gasteiger partial charge on any atom is -0.397 e. The van der Waals surface area contributed by atoms with E-state index in [-0.39, 0.29) is 0 Å². The SMILES string of the molecule is CCc1nc2c(N)cc(Br)cc2s1. The highest BCUT2D eigenvalue weighted by Gasteiger charge is 2.06. The average Bonchev–Trinajstić information content (AvgIpc) is 2.47. The van der Waals surface area contributed by atoms with E-state index in [0.29, 0.717) is 0 Å². The van der Waals surface area contributed by atoms with Crippen LogP contribution >= 0.6 is 27.3 Å². The average molecular weight is 257 g/mol. The van der Waals surface area contributed by atoms with Crippen LogP contribution in [0.15, 0.2) is 16.6 Å². The summed E-state index contributed by atoms with van der Waals surface area (Å²) in [7, 11) is 0. The lowest BCUT2D eigenvalue weighted by molar-refractivity contribution is 1.11. The Morgan fingerprint density at radius 3 is 3.00 bits per heavy atom. The number of hydrogen-bond acceptors (Lipinski definition) is 3. The molecule has 1 heterocycles. The zero-order chi connectivity index (χ0) is 9.42. The number of nitrogens with zero attached hydrogens (tertiary/aromatic N) is 1. The molecule has 2 rings (SSSR count). The van der Waals surface area contributed by atoms with Gasteiger partial charge in [0.15, 0.2) is 0 Å². The van der Waals surface area contributed by atoms with Gasteiger partial charge < -0.3 is 5.73 Å². The normalized spacial score (nSPS) is 10.9. The van der Waals surface area contributed by atoms with Gasteiger partial charge in [-0.25, -0.2) is 4.98 Å². The summed E-state index contributed by atoms with van der Waals surface area (Å²) < 4.78 is 2.17. The quantitative estimate of drug-likeness (QED) is 0.797. The molecule has 2 N–H and O–H groups in total. The van der Waals surface area contributed by atoms with Crippen LogP contribution < -0.4 is 5.73 Å². The van der Waals surface area contributed by atoms with Crippen LogP contribution in [0.25, 0.3) is 10.2 Å². The topological polar surface area (TPSA) is 38.9 Å². The van der Waals surface area contributed by atoms with Crippen molar-refractivity contribution in [1.29, 1.82) is 0 Å². The molecule has 0 saturated heterocycles. The second-order valence-electron chi connectivity index (χ2n) is 2.80. The summed E-state index contributed by atoms with van der Waals surface area (Å²) >= 11 is 5.12. The van der Waals surface area contributed by atoms with Crippen molar-refractivity contribution in [2.24, 2.45) is 0 Å². The summed E-state index contributed by atoms with van der Waals surface area (Å²) in [5, 5.41) is 1.14. The lowest BCUT2D eigenvalue weighted by Gasteiger charge is -1.94. The zero-order valence-electron chi connectivity index (χ0n) is 7.17. The largest absolute Gasteiger partial charge is 0.397 e. The number of nitrogen functional groups attached to an aromatic ring is 1. The van der Waals surface area contributed by atoms with Crippen LogP contribution in [0.4, 0.5) is 5.69 Å². The van der Waals surface area contributed by atoms with Gasteiger partial charge in [-0.05, 0) is 18.6 Å². The molecule has 1 aromatic heterocycles. The summed E-state index contributed by atoms with van der Waals surface area (Å²) in [6.07, 6.45) is 0.969. The van der Waals surface area contributed by atoms with Crippen LogP contribution in [0.5, 0.6) is 0 Å². The summed E-state index contributed by atoms with van der Waals surface area (Å²) in [5.74, 6) is 0. The Morgan fingerprint density at radius 2 is 2.31 bits per heavy atom. The number of rotatable bonds is 1. The Morgan fingerprint density at radius 1 is 1.54 bits per heavy atom. The van der Waals surface area contributed by atoms with E-state index < -0.39 is 0 Å². The van der Waals surface area contributed by atoms with Crippen molar-refractivity contribution >= 4 is 43.2 Å². The van der Waals surface area contributed by atoms with Crippen LogP contribution in [0.1, 0.15) is 11.9 Å². The number of hydrogen-bond donors (Lipinski definition) is 1. The molecular weight excluding hydrogens is 248 g/mol. The summed E-state index contributed by atoms with van der Waals surface area (Å²) in [5.41, 5.74) is 7.52. The number of aryl methyl sites for hydroxylation is 1. The summed E-state index contributed by atoms with van der Waals surface area (Å²) in [6.45, 7) is 2.10. The monoisotopic (exact) mass is 256 g/mol. The highest BCUT2D eigenvalue weighted by molar-refractivity contribution is 9.10. The first-order chi connectivity index (χ1) is 6.20. The number of aromatic nitrogens is 1. The van der Waals surface area contributed by atoms with Crippen molar-refractivity contribution in [3.8, 4) is 0 Å². The second kappa shape index (κ2) is 3.27. The molecule has 0 saturated carbocycles. The molecule has 0 spiro atoms. The van der Waals surface area contributed by atoms with Gasteiger partial charge in [0.25, 0.3) is 0 Å². The highest BCUT2D eigenvalue weighted by atomic mass is 79.9. The minimum absolute atomic E-state index is 0.750. The molecule has 68 valence electrons. The lowest BCUT2D eigenvalue weighted by atomic mass is 10.3. The maximum atomic E-state index is 5.84. The van der Waals surface area contributed by atoms with E-state index in [2.05, 4.69) is 33.9 Å². The van der Waals surface area contributed by atoms with Crippen molar-refractivity contribution in [2.45, 2.75) is 13.3 Å². The predicted molar refractivity (Wildman–Crippen MR) is 61.1 cm³/mol. The highest BCUT2D eigenvalue weighted by Crippen LogP contribution is 2.30. The third kappa shape index (κ3) is 1.56. The van der Waals surface area contributed by atoms with E-state index in [9.17, 15) is 0 Å². The molecule has 0 fully saturated rings. The second-order valence-corrected chi connectivity index (χ2v) is 4.83. The first-order valence-corrected chi connectivity index (χ1v) is 5.66. The van der Waals surface area contributed by atoms with Gasteiger partial charge in [0.1, 0.15) is 5.52 Å². The van der Waals surface area contributed by atoms with Crippen LogP contribution in [0, 0.1) is 0 Å². The molecule has 0 amide bonds. The van der Waals surface area contributed by atoms with Gasteiger partial charge in [0, 0.05) is 4.47 Å². The first kappa shape index (κ1) is 8.97. The molecule has 0 aliphatic rings. The van der Waals surface area contributed by atoms with Gasteiger partial charge in [-0.15, -0.1) is 11.3 Å². The molecule has 2 aromatic rings. The lowest BCUT2D eigenvalue weighted by Crippen LogP contribution is -1.86. The number of halogens is 1. The van der Waals surface area contributed by atoms with Crippen molar-refractivity contribution in [3.05, 3.63) is 21.6 Å². The standard InChI is InChI=1S/C9H9BrN2S/c1-2-8-12-9-6(11)3-5(10)4-7(9)13-8/h3-4H,2,11H2,1H3. The molecule has 0 atom stereocenters. The Hall–Kier alpha value is -0.610. The van der Waals surface area contributed by atoms with E-state index in [1.54, 1.807) is 11.3 Å². The summed E-state index contributed by atoms with van der Waals surface area (Å²) in [4.78, 5) is 4.44. The Bertz CT molecular complexity index is 450. The van der Waals surface area contributed by atoms with Crippen molar-refractivity contribution in [2.75, 3.05) is 5.73 Å². The van der Waals surface area contributed by atoms with E-state index in [4.69, 9.17) is 5.73 Å². The van der Waals surface area contributed by atoms with Crippen molar-refractivity contribution in [1.82, 2.24) is 4.98 Å². The fraction of sp³-hybridized carbons (Fsp3) is 0.222. The van der Waals surface area contributed by atoms with Crippen LogP contribution in [-0.2, 0) is 6.42 Å². The van der Waals surface area contributed by atoms with Gasteiger partial charge in [-0.2, -0.15) is 0 Å². The molecule has 2 nitrogen and oxygen atoms in total. The van der Waals surface area contributed by atoms with Crippen LogP contribution in [-0.4, -0.2) is 4.98 Å². The summed E-state index contributed by atoms with van der Waals surface area (Å²) in [6, 6.07) is 3.95. The van der Waals surface area contributed by atoms with Crippen LogP contribution in [0.2, 0.25) is 0 Å². The van der Waals surface area contributed by atoms with Gasteiger partial charge in [0.2, 0.25) is 0 Å². The number of anilines is 1. The Balaban J connectivity index is 2.75. The molecule has 0 aliphatic heterocycles. The number of nitrogens with two attached hydrogens (primary N) is 1. The molecule has 0 radical (unpaired) electrons. The molecule has 1 aromatic carbocycles. The third-order valence-corrected chi connectivity index (χ3v) is 3.44. The van der Waals surface area contributed by atoms with Gasteiger partial charge in [0.05, 0.1) is 15.4 Å². The van der Waals surface area contributed by atoms with Gasteiger partial charge in [-0.1, -0.05) is 22.9 Å². The smallest absolute Gasteiger partial charge is 0.104 e. The molecular formula is C9H9BrN2S. The fourth-order valence-electron chi connectivity index (χ4n) is 1.22. The number of thiazole rings is 1. The van der Waals surface area contributed by atoms with E-state index in [1.807, 2.05) is 6.07 Å². The minimum atomic E-state index is 0.750. The van der Waals surface area contributed by atoms with Gasteiger partial charge >= 0.3 is 0 Å². The van der Waals surface area contributed by atoms with Crippen molar-refractivity contribution < 1.29 is 0 Å². The number of fused-ring (bicyclic) bond motifs is 1. The van der Waals surface area contributed by atoms with Gasteiger partial charge in [-0.3, -0.25) is 0 Å². The molecule has 0 unspecified atom stereocenters.